The normalized spacial score (nSPS) is 20.5. The van der Waals surface area contributed by atoms with E-state index in [1.54, 1.807) is 0 Å². The molecular weight excluding hydrogens is 350 g/mol. The van der Waals surface area contributed by atoms with E-state index in [4.69, 9.17) is 0 Å². The van der Waals surface area contributed by atoms with Crippen LogP contribution in [0.4, 0.5) is 17.6 Å². The number of hydrogen-bond acceptors (Lipinski definition) is 2. The molecule has 1 amide bonds. The van der Waals surface area contributed by atoms with Crippen LogP contribution in [0.3, 0.4) is 0 Å². The molecule has 0 saturated heterocycles. The lowest BCUT2D eigenvalue weighted by atomic mass is 10.1. The SMILES string of the molecule is O=C(NC(CO)c1ccc(F)cc1)C1CC1c1ccc(C(F)(F)F)cc1. The molecule has 7 heteroatoms. The minimum atomic E-state index is -4.39. The molecule has 0 aliphatic heterocycles. The van der Waals surface area contributed by atoms with Crippen molar-refractivity contribution in [3.05, 3.63) is 71.0 Å². The Balaban J connectivity index is 1.62. The average Bonchev–Trinajstić information content (AvgIpc) is 3.40. The quantitative estimate of drug-likeness (QED) is 0.790. The van der Waals surface area contributed by atoms with Gasteiger partial charge in [-0.25, -0.2) is 4.39 Å². The highest BCUT2D eigenvalue weighted by Gasteiger charge is 2.44. The van der Waals surface area contributed by atoms with E-state index in [-0.39, 0.29) is 24.3 Å². The lowest BCUT2D eigenvalue weighted by molar-refractivity contribution is -0.137. The molecule has 1 aliphatic carbocycles. The second-order valence-corrected chi connectivity index (χ2v) is 6.36. The third-order valence-electron chi connectivity index (χ3n) is 4.56. The lowest BCUT2D eigenvalue weighted by Gasteiger charge is -2.17. The zero-order chi connectivity index (χ0) is 18.9. The molecule has 0 radical (unpaired) electrons. The molecule has 26 heavy (non-hydrogen) atoms. The second kappa shape index (κ2) is 7.07. The predicted molar refractivity (Wildman–Crippen MR) is 86.7 cm³/mol. The first-order valence-corrected chi connectivity index (χ1v) is 8.13. The summed E-state index contributed by atoms with van der Waals surface area (Å²) in [4.78, 5) is 12.3. The fourth-order valence-electron chi connectivity index (χ4n) is 2.98. The van der Waals surface area contributed by atoms with Crippen LogP contribution in [0.5, 0.6) is 0 Å². The van der Waals surface area contributed by atoms with E-state index < -0.39 is 23.6 Å². The molecular formula is C19H17F4NO2. The monoisotopic (exact) mass is 367 g/mol. The summed E-state index contributed by atoms with van der Waals surface area (Å²) in [6.07, 6.45) is -3.85. The Kier molecular flexibility index (Phi) is 5.00. The van der Waals surface area contributed by atoms with E-state index in [1.807, 2.05) is 0 Å². The molecule has 1 fully saturated rings. The summed E-state index contributed by atoms with van der Waals surface area (Å²) in [5.74, 6) is -1.18. The molecule has 0 bridgehead atoms. The molecule has 3 unspecified atom stereocenters. The number of alkyl halides is 3. The molecule has 0 heterocycles. The van der Waals surface area contributed by atoms with Gasteiger partial charge in [-0.05, 0) is 47.7 Å². The number of carbonyl (C=O) groups excluding carboxylic acids is 1. The summed E-state index contributed by atoms with van der Waals surface area (Å²) in [6, 6.07) is 9.60. The van der Waals surface area contributed by atoms with Crippen LogP contribution in [0.1, 0.15) is 35.1 Å². The number of carbonyl (C=O) groups is 1. The van der Waals surface area contributed by atoms with Crippen molar-refractivity contribution in [1.29, 1.82) is 0 Å². The number of amides is 1. The van der Waals surface area contributed by atoms with Crippen LogP contribution in [0, 0.1) is 11.7 Å². The van der Waals surface area contributed by atoms with Crippen LogP contribution in [0.2, 0.25) is 0 Å². The van der Waals surface area contributed by atoms with Gasteiger partial charge in [0.15, 0.2) is 0 Å². The van der Waals surface area contributed by atoms with Crippen LogP contribution < -0.4 is 5.32 Å². The van der Waals surface area contributed by atoms with E-state index in [1.165, 1.54) is 36.4 Å². The molecule has 2 N–H and O–H groups in total. The fourth-order valence-corrected chi connectivity index (χ4v) is 2.98. The molecule has 0 aromatic heterocycles. The Morgan fingerprint density at radius 1 is 1.12 bits per heavy atom. The highest BCUT2D eigenvalue weighted by Crippen LogP contribution is 2.48. The first-order chi connectivity index (χ1) is 12.3. The van der Waals surface area contributed by atoms with Crippen LogP contribution in [-0.4, -0.2) is 17.6 Å². The standard InChI is InChI=1S/C19H17F4NO2/c20-14-7-3-12(4-8-14)17(10-25)24-18(26)16-9-15(16)11-1-5-13(6-2-11)19(21,22)23/h1-8,15-17,25H,9-10H2,(H,24,26). The van der Waals surface area contributed by atoms with Gasteiger partial charge in [0.2, 0.25) is 5.91 Å². The highest BCUT2D eigenvalue weighted by atomic mass is 19.4. The van der Waals surface area contributed by atoms with Crippen molar-refractivity contribution in [3.8, 4) is 0 Å². The minimum absolute atomic E-state index is 0.134. The summed E-state index contributed by atoms with van der Waals surface area (Å²) in [6.45, 7) is -0.338. The van der Waals surface area contributed by atoms with Gasteiger partial charge in [0.1, 0.15) is 5.82 Å². The van der Waals surface area contributed by atoms with E-state index in [0.29, 0.717) is 17.5 Å². The van der Waals surface area contributed by atoms with Gasteiger partial charge in [0.05, 0.1) is 18.2 Å². The first-order valence-electron chi connectivity index (χ1n) is 8.13. The maximum absolute atomic E-state index is 13.0. The molecule has 2 aromatic carbocycles. The van der Waals surface area contributed by atoms with Gasteiger partial charge < -0.3 is 10.4 Å². The molecule has 1 aliphatic rings. The Morgan fingerprint density at radius 2 is 1.73 bits per heavy atom. The van der Waals surface area contributed by atoms with Crippen LogP contribution in [-0.2, 0) is 11.0 Å². The predicted octanol–water partition coefficient (Wildman–Crippen LogP) is 3.80. The third kappa shape index (κ3) is 4.04. The Labute approximate surface area is 147 Å². The molecule has 3 nitrogen and oxygen atoms in total. The number of rotatable bonds is 5. The average molecular weight is 367 g/mol. The lowest BCUT2D eigenvalue weighted by Crippen LogP contribution is -2.32. The van der Waals surface area contributed by atoms with Gasteiger partial charge >= 0.3 is 6.18 Å². The van der Waals surface area contributed by atoms with Crippen LogP contribution in [0.15, 0.2) is 48.5 Å². The minimum Gasteiger partial charge on any atom is -0.394 e. The molecule has 3 atom stereocenters. The van der Waals surface area contributed by atoms with Crippen LogP contribution >= 0.6 is 0 Å². The fraction of sp³-hybridized carbons (Fsp3) is 0.316. The van der Waals surface area contributed by atoms with Gasteiger partial charge in [-0.15, -0.1) is 0 Å². The first kappa shape index (κ1) is 18.4. The zero-order valence-electron chi connectivity index (χ0n) is 13.6. The molecule has 0 spiro atoms. The Morgan fingerprint density at radius 3 is 2.27 bits per heavy atom. The van der Waals surface area contributed by atoms with Crippen LogP contribution in [0.25, 0.3) is 0 Å². The van der Waals surface area contributed by atoms with Crippen molar-refractivity contribution < 1.29 is 27.5 Å². The van der Waals surface area contributed by atoms with Gasteiger partial charge in [-0.1, -0.05) is 24.3 Å². The van der Waals surface area contributed by atoms with Crippen molar-refractivity contribution >= 4 is 5.91 Å². The number of nitrogens with one attached hydrogen (secondary N) is 1. The van der Waals surface area contributed by atoms with Crippen molar-refractivity contribution in [1.82, 2.24) is 5.32 Å². The zero-order valence-corrected chi connectivity index (χ0v) is 13.6. The summed E-state index contributed by atoms with van der Waals surface area (Å²) in [5, 5.41) is 12.2. The largest absolute Gasteiger partial charge is 0.416 e. The van der Waals surface area contributed by atoms with Crippen molar-refractivity contribution in [2.45, 2.75) is 24.6 Å². The van der Waals surface area contributed by atoms with Crippen molar-refractivity contribution in [2.75, 3.05) is 6.61 Å². The van der Waals surface area contributed by atoms with Gasteiger partial charge in [-0.3, -0.25) is 4.79 Å². The molecule has 3 rings (SSSR count). The maximum atomic E-state index is 13.0. The Hall–Kier alpha value is -2.41. The van der Waals surface area contributed by atoms with Crippen molar-refractivity contribution in [3.63, 3.8) is 0 Å². The van der Waals surface area contributed by atoms with E-state index in [2.05, 4.69) is 5.32 Å². The number of halogens is 4. The summed E-state index contributed by atoms with van der Waals surface area (Å²) in [7, 11) is 0. The third-order valence-corrected chi connectivity index (χ3v) is 4.56. The highest BCUT2D eigenvalue weighted by molar-refractivity contribution is 5.83. The smallest absolute Gasteiger partial charge is 0.394 e. The number of benzene rings is 2. The summed E-state index contributed by atoms with van der Waals surface area (Å²) >= 11 is 0. The van der Waals surface area contributed by atoms with E-state index >= 15 is 0 Å². The summed E-state index contributed by atoms with van der Waals surface area (Å²) in [5.41, 5.74) is 0.536. The second-order valence-electron chi connectivity index (χ2n) is 6.36. The van der Waals surface area contributed by atoms with E-state index in [0.717, 1.165) is 12.1 Å². The summed E-state index contributed by atoms with van der Waals surface area (Å²) < 4.78 is 50.8. The van der Waals surface area contributed by atoms with Crippen molar-refractivity contribution in [2.24, 2.45) is 5.92 Å². The Bertz CT molecular complexity index is 772. The molecule has 138 valence electrons. The molecule has 1 saturated carbocycles. The van der Waals surface area contributed by atoms with Gasteiger partial charge in [-0.2, -0.15) is 13.2 Å². The topological polar surface area (TPSA) is 49.3 Å². The number of aliphatic hydroxyl groups excluding tert-OH is 1. The maximum Gasteiger partial charge on any atom is 0.416 e. The number of aliphatic hydroxyl groups is 1. The molecule has 2 aromatic rings. The van der Waals surface area contributed by atoms with Gasteiger partial charge in [0, 0.05) is 5.92 Å². The van der Waals surface area contributed by atoms with E-state index in [9.17, 15) is 27.5 Å². The van der Waals surface area contributed by atoms with Gasteiger partial charge in [0.25, 0.3) is 0 Å². The number of hydrogen-bond donors (Lipinski definition) is 2.